The molecule has 1 aliphatic rings. The highest BCUT2D eigenvalue weighted by atomic mass is 15.2. The number of aromatic nitrogens is 1. The fraction of sp³-hybridized carbons (Fsp3) is 0.688. The summed E-state index contributed by atoms with van der Waals surface area (Å²) >= 11 is 0. The van der Waals surface area contributed by atoms with Crippen LogP contribution in [0.1, 0.15) is 38.3 Å². The summed E-state index contributed by atoms with van der Waals surface area (Å²) in [7, 11) is 4.35. The van der Waals surface area contributed by atoms with Gasteiger partial charge < -0.3 is 10.6 Å². The zero-order valence-electron chi connectivity index (χ0n) is 12.5. The Balaban J connectivity index is 2.14. The highest BCUT2D eigenvalue weighted by Gasteiger charge is 2.41. The van der Waals surface area contributed by atoms with E-state index in [1.165, 1.54) is 25.7 Å². The van der Waals surface area contributed by atoms with Gasteiger partial charge in [0.05, 0.1) is 0 Å². The van der Waals surface area contributed by atoms with E-state index < -0.39 is 0 Å². The lowest BCUT2D eigenvalue weighted by molar-refractivity contribution is 0.0501. The van der Waals surface area contributed by atoms with Crippen LogP contribution in [-0.4, -0.2) is 35.6 Å². The predicted octanol–water partition coefficient (Wildman–Crippen LogP) is 2.46. The number of nitrogens with zero attached hydrogens (tertiary/aromatic N) is 2. The summed E-state index contributed by atoms with van der Waals surface area (Å²) in [5.74, 6) is 0.769. The number of hydrogen-bond acceptors (Lipinski definition) is 3. The second-order valence-electron chi connectivity index (χ2n) is 6.33. The second kappa shape index (κ2) is 6.02. The van der Waals surface area contributed by atoms with E-state index >= 15 is 0 Å². The maximum atomic E-state index is 6.60. The molecule has 0 spiro atoms. The van der Waals surface area contributed by atoms with Crippen molar-refractivity contribution in [2.45, 2.75) is 50.6 Å². The number of likely N-dealkylation sites (N-methyl/N-ethyl adjacent to an activating group) is 1. The maximum Gasteiger partial charge on any atom is 0.0419 e. The first kappa shape index (κ1) is 14.5. The summed E-state index contributed by atoms with van der Waals surface area (Å²) in [6.07, 6.45) is 7.76. The molecule has 0 amide bonds. The lowest BCUT2D eigenvalue weighted by atomic mass is 9.70. The molecule has 1 heterocycles. The van der Waals surface area contributed by atoms with E-state index in [0.717, 1.165) is 18.0 Å². The van der Waals surface area contributed by atoms with Crippen LogP contribution in [0.15, 0.2) is 24.4 Å². The number of nitrogens with two attached hydrogens (primary N) is 1. The first-order chi connectivity index (χ1) is 9.04. The minimum absolute atomic E-state index is 0.134. The Hall–Kier alpha value is -0.930. The topological polar surface area (TPSA) is 42.1 Å². The number of pyridine rings is 1. The van der Waals surface area contributed by atoms with Crippen molar-refractivity contribution in [1.82, 2.24) is 9.88 Å². The Labute approximate surface area is 117 Å². The van der Waals surface area contributed by atoms with Crippen LogP contribution in [0.5, 0.6) is 0 Å². The third-order valence-corrected chi connectivity index (χ3v) is 4.74. The monoisotopic (exact) mass is 261 g/mol. The highest BCUT2D eigenvalue weighted by molar-refractivity contribution is 5.10. The third kappa shape index (κ3) is 3.15. The van der Waals surface area contributed by atoms with Crippen molar-refractivity contribution in [3.8, 4) is 0 Å². The van der Waals surface area contributed by atoms with Crippen molar-refractivity contribution in [1.29, 1.82) is 0 Å². The Bertz CT molecular complexity index is 390. The average molecular weight is 261 g/mol. The van der Waals surface area contributed by atoms with Gasteiger partial charge in [0.15, 0.2) is 0 Å². The molecule has 1 aromatic heterocycles. The fourth-order valence-electron chi connectivity index (χ4n) is 3.57. The lowest BCUT2D eigenvalue weighted by Crippen LogP contribution is -2.60. The Morgan fingerprint density at radius 3 is 2.84 bits per heavy atom. The molecule has 0 radical (unpaired) electrons. The van der Waals surface area contributed by atoms with Gasteiger partial charge in [0, 0.05) is 29.9 Å². The van der Waals surface area contributed by atoms with Gasteiger partial charge in [-0.3, -0.25) is 4.98 Å². The molecule has 1 fully saturated rings. The Morgan fingerprint density at radius 2 is 2.26 bits per heavy atom. The van der Waals surface area contributed by atoms with Crippen molar-refractivity contribution in [2.24, 2.45) is 11.7 Å². The summed E-state index contributed by atoms with van der Waals surface area (Å²) in [5, 5.41) is 0. The van der Waals surface area contributed by atoms with Crippen LogP contribution in [0.2, 0.25) is 0 Å². The van der Waals surface area contributed by atoms with E-state index in [9.17, 15) is 0 Å². The van der Waals surface area contributed by atoms with Gasteiger partial charge >= 0.3 is 0 Å². The molecule has 0 bridgehead atoms. The molecule has 19 heavy (non-hydrogen) atoms. The summed E-state index contributed by atoms with van der Waals surface area (Å²) < 4.78 is 0. The Kier molecular flexibility index (Phi) is 4.58. The van der Waals surface area contributed by atoms with Gasteiger partial charge in [0.25, 0.3) is 0 Å². The first-order valence-corrected chi connectivity index (χ1v) is 7.37. The summed E-state index contributed by atoms with van der Waals surface area (Å²) in [6, 6.07) is 6.23. The predicted molar refractivity (Wildman–Crippen MR) is 80.0 cm³/mol. The van der Waals surface area contributed by atoms with Gasteiger partial charge in [0.2, 0.25) is 0 Å². The lowest BCUT2D eigenvalue weighted by Gasteiger charge is -2.49. The third-order valence-electron chi connectivity index (χ3n) is 4.74. The van der Waals surface area contributed by atoms with E-state index in [1.807, 2.05) is 18.3 Å². The normalized spacial score (nSPS) is 29.4. The molecule has 1 aliphatic carbocycles. The van der Waals surface area contributed by atoms with Crippen LogP contribution in [-0.2, 0) is 6.42 Å². The van der Waals surface area contributed by atoms with Crippen molar-refractivity contribution < 1.29 is 0 Å². The van der Waals surface area contributed by atoms with Gasteiger partial charge in [-0.25, -0.2) is 0 Å². The molecule has 3 nitrogen and oxygen atoms in total. The summed E-state index contributed by atoms with van der Waals surface area (Å²) in [6.45, 7) is 2.35. The van der Waals surface area contributed by atoms with Crippen molar-refractivity contribution in [2.75, 3.05) is 14.1 Å². The number of rotatable bonds is 4. The number of hydrogen-bond donors (Lipinski definition) is 1. The van der Waals surface area contributed by atoms with Crippen LogP contribution in [0, 0.1) is 5.92 Å². The molecule has 3 unspecified atom stereocenters. The molecule has 3 heteroatoms. The van der Waals surface area contributed by atoms with E-state index in [1.54, 1.807) is 0 Å². The molecule has 2 N–H and O–H groups in total. The van der Waals surface area contributed by atoms with Gasteiger partial charge in [0.1, 0.15) is 0 Å². The van der Waals surface area contributed by atoms with Gasteiger partial charge in [-0.05, 0) is 45.0 Å². The molecule has 1 aromatic rings. The molecule has 0 aliphatic heterocycles. The van der Waals surface area contributed by atoms with E-state index in [0.29, 0.717) is 0 Å². The van der Waals surface area contributed by atoms with Crippen LogP contribution < -0.4 is 5.73 Å². The molecular formula is C16H27N3. The van der Waals surface area contributed by atoms with E-state index in [2.05, 4.69) is 37.0 Å². The summed E-state index contributed by atoms with van der Waals surface area (Å²) in [5.41, 5.74) is 7.84. The van der Waals surface area contributed by atoms with Crippen LogP contribution >= 0.6 is 0 Å². The zero-order valence-corrected chi connectivity index (χ0v) is 12.5. The molecule has 0 aromatic carbocycles. The maximum absolute atomic E-state index is 6.60. The highest BCUT2D eigenvalue weighted by Crippen LogP contribution is 2.38. The first-order valence-electron chi connectivity index (χ1n) is 7.37. The van der Waals surface area contributed by atoms with Crippen molar-refractivity contribution in [3.63, 3.8) is 0 Å². The smallest absolute Gasteiger partial charge is 0.0419 e. The summed E-state index contributed by atoms with van der Waals surface area (Å²) in [4.78, 5) is 6.78. The van der Waals surface area contributed by atoms with Gasteiger partial charge in [-0.1, -0.05) is 25.8 Å². The standard InChI is InChI=1S/C16H27N3/c1-13-7-6-9-16(12-13,19(2)3)15(17)11-14-8-4-5-10-18-14/h4-5,8,10,13,15H,6-7,9,11-12,17H2,1-3H3. The molecule has 0 saturated heterocycles. The van der Waals surface area contributed by atoms with Crippen LogP contribution in [0.3, 0.4) is 0 Å². The van der Waals surface area contributed by atoms with Crippen molar-refractivity contribution >= 4 is 0 Å². The van der Waals surface area contributed by atoms with E-state index in [4.69, 9.17) is 5.73 Å². The molecule has 2 rings (SSSR count). The SMILES string of the molecule is CC1CCCC(C(N)Cc2ccccn2)(N(C)C)C1. The quantitative estimate of drug-likeness (QED) is 0.905. The molecular weight excluding hydrogens is 234 g/mol. The van der Waals surface area contributed by atoms with Gasteiger partial charge in [-0.2, -0.15) is 0 Å². The largest absolute Gasteiger partial charge is 0.326 e. The molecule has 1 saturated carbocycles. The van der Waals surface area contributed by atoms with Gasteiger partial charge in [-0.15, -0.1) is 0 Å². The second-order valence-corrected chi connectivity index (χ2v) is 6.33. The minimum atomic E-state index is 0.134. The molecule has 106 valence electrons. The Morgan fingerprint density at radius 1 is 1.47 bits per heavy atom. The van der Waals surface area contributed by atoms with Crippen molar-refractivity contribution in [3.05, 3.63) is 30.1 Å². The molecule has 3 atom stereocenters. The zero-order chi connectivity index (χ0) is 13.9. The van der Waals surface area contributed by atoms with Crippen LogP contribution in [0.25, 0.3) is 0 Å². The fourth-order valence-corrected chi connectivity index (χ4v) is 3.57. The van der Waals surface area contributed by atoms with Crippen LogP contribution in [0.4, 0.5) is 0 Å². The minimum Gasteiger partial charge on any atom is -0.326 e. The van der Waals surface area contributed by atoms with E-state index in [-0.39, 0.29) is 11.6 Å². The average Bonchev–Trinajstić information content (AvgIpc) is 2.39.